The Hall–Kier alpha value is -5.90. The molecular weight excluding hydrogens is 847 g/mol. The molecule has 344 valence electrons. The molecule has 21 heteroatoms. The highest BCUT2D eigenvalue weighted by Gasteiger charge is 2.46. The number of alkyl halides is 2. The van der Waals surface area contributed by atoms with Gasteiger partial charge in [-0.2, -0.15) is 10.2 Å². The number of piperidine rings is 1. The van der Waals surface area contributed by atoms with Crippen molar-refractivity contribution in [2.75, 3.05) is 81.6 Å². The number of carbonyl (C=O) groups excluding carboxylic acids is 5. The van der Waals surface area contributed by atoms with Gasteiger partial charge in [-0.15, -0.1) is 0 Å². The van der Waals surface area contributed by atoms with E-state index in [0.29, 0.717) is 43.6 Å². The van der Waals surface area contributed by atoms with Crippen molar-refractivity contribution in [1.82, 2.24) is 44.4 Å². The quantitative estimate of drug-likeness (QED) is 0.156. The minimum Gasteiger partial charge on any atom is -0.382 e. The zero-order valence-electron chi connectivity index (χ0n) is 36.0. The van der Waals surface area contributed by atoms with Gasteiger partial charge in [0.15, 0.2) is 11.3 Å². The van der Waals surface area contributed by atoms with Crippen molar-refractivity contribution in [2.45, 2.75) is 81.7 Å². The first kappa shape index (κ1) is 43.0. The molecule has 5 amide bonds. The number of morpholine rings is 2. The third kappa shape index (κ3) is 8.57. The van der Waals surface area contributed by atoms with Crippen molar-refractivity contribution >= 4 is 52.4 Å². The number of hydrogen-bond donors (Lipinski definition) is 3. The Morgan fingerprint density at radius 1 is 1.02 bits per heavy atom. The second-order valence-corrected chi connectivity index (χ2v) is 18.1. The molecule has 1 aromatic carbocycles. The van der Waals surface area contributed by atoms with Crippen LogP contribution in [-0.2, 0) is 19.1 Å². The first-order valence-corrected chi connectivity index (χ1v) is 22.5. The van der Waals surface area contributed by atoms with E-state index in [4.69, 9.17) is 14.5 Å². The first-order valence-electron chi connectivity index (χ1n) is 22.5. The van der Waals surface area contributed by atoms with Crippen LogP contribution >= 0.6 is 0 Å². The largest absolute Gasteiger partial charge is 0.382 e. The number of nitrogens with one attached hydrogen (secondary N) is 3. The number of imide groups is 2. The maximum atomic E-state index is 14.3. The fourth-order valence-electron chi connectivity index (χ4n) is 10.3. The lowest BCUT2D eigenvalue weighted by molar-refractivity contribution is -0.136. The summed E-state index contributed by atoms with van der Waals surface area (Å²) in [5.41, 5.74) is 0.968. The molecule has 3 aromatic heterocycles. The van der Waals surface area contributed by atoms with E-state index in [1.54, 1.807) is 29.1 Å². The Kier molecular flexibility index (Phi) is 11.8. The fourth-order valence-corrected chi connectivity index (χ4v) is 10.3. The molecule has 4 aromatic rings. The third-order valence-corrected chi connectivity index (χ3v) is 13.8. The molecule has 0 spiro atoms. The molecule has 6 aliphatic rings. The van der Waals surface area contributed by atoms with Crippen LogP contribution < -0.4 is 20.9 Å². The molecule has 3 N–H and O–H groups in total. The molecule has 5 fully saturated rings. The Morgan fingerprint density at radius 2 is 1.86 bits per heavy atom. The van der Waals surface area contributed by atoms with E-state index < -0.39 is 47.7 Å². The summed E-state index contributed by atoms with van der Waals surface area (Å²) in [6.07, 6.45) is 6.26. The van der Waals surface area contributed by atoms with E-state index in [2.05, 4.69) is 47.9 Å². The van der Waals surface area contributed by atoms with Crippen LogP contribution in [0.15, 0.2) is 42.9 Å². The topological polar surface area (TPSA) is 201 Å². The van der Waals surface area contributed by atoms with Crippen molar-refractivity contribution in [2.24, 2.45) is 5.92 Å². The molecule has 5 aliphatic heterocycles. The highest BCUT2D eigenvalue weighted by molar-refractivity contribution is 6.25. The molecule has 19 nitrogen and oxygen atoms in total. The monoisotopic (exact) mass is 898 g/mol. The predicted octanol–water partition coefficient (Wildman–Crippen LogP) is 2.97. The van der Waals surface area contributed by atoms with Gasteiger partial charge in [0.1, 0.15) is 17.4 Å². The molecule has 65 heavy (non-hydrogen) atoms. The highest BCUT2D eigenvalue weighted by Crippen LogP contribution is 2.37. The number of likely N-dealkylation sites (N-methyl/N-ethyl adjacent to an activating group) is 1. The molecule has 1 aliphatic carbocycles. The van der Waals surface area contributed by atoms with Crippen LogP contribution in [0.3, 0.4) is 0 Å². The van der Waals surface area contributed by atoms with E-state index in [1.807, 2.05) is 6.07 Å². The lowest BCUT2D eigenvalue weighted by atomic mass is 9.86. The molecule has 4 atom stereocenters. The molecule has 4 saturated heterocycles. The zero-order chi connectivity index (χ0) is 44.9. The number of rotatable bonds is 14. The second-order valence-electron chi connectivity index (χ2n) is 18.1. The zero-order valence-corrected chi connectivity index (χ0v) is 36.0. The smallest absolute Gasteiger partial charge is 0.284 e. The van der Waals surface area contributed by atoms with E-state index in [9.17, 15) is 32.8 Å². The molecule has 1 unspecified atom stereocenters. The minimum absolute atomic E-state index is 0.0222. The number of fused-ring (bicyclic) bond motifs is 4. The number of amides is 5. The summed E-state index contributed by atoms with van der Waals surface area (Å²) in [4.78, 5) is 77.1. The van der Waals surface area contributed by atoms with E-state index in [-0.39, 0.29) is 59.5 Å². The highest BCUT2D eigenvalue weighted by atomic mass is 19.3. The molecule has 8 heterocycles. The van der Waals surface area contributed by atoms with Crippen LogP contribution in [0.1, 0.15) is 94.2 Å². The van der Waals surface area contributed by atoms with Gasteiger partial charge in [-0.1, -0.05) is 6.07 Å². The van der Waals surface area contributed by atoms with Crippen molar-refractivity contribution in [3.8, 4) is 0 Å². The number of aromatic nitrogens is 5. The summed E-state index contributed by atoms with van der Waals surface area (Å²) < 4.78 is 43.5. The van der Waals surface area contributed by atoms with Gasteiger partial charge < -0.3 is 29.9 Å². The summed E-state index contributed by atoms with van der Waals surface area (Å²) in [6, 6.07) is 5.99. The van der Waals surface area contributed by atoms with Crippen molar-refractivity contribution in [3.63, 3.8) is 0 Å². The molecule has 0 radical (unpaired) electrons. The van der Waals surface area contributed by atoms with Crippen LogP contribution in [0, 0.1) is 5.92 Å². The van der Waals surface area contributed by atoms with E-state index >= 15 is 0 Å². The van der Waals surface area contributed by atoms with Gasteiger partial charge in [0.2, 0.25) is 11.8 Å². The SMILES string of the molecule is CN(CCN1CCO[C@@H](CNc2cccc3c2C(=O)N(C2CCC(=O)NC2=O)C3=O)C1)CC1CCC(n2cc(NC(=O)c3cnn4ccc(N5C[C@H]6C[C@@H]5CO6)nc34)c(C(F)F)n2)CC1. The van der Waals surface area contributed by atoms with Gasteiger partial charge in [-0.05, 0) is 69.7 Å². The second kappa shape index (κ2) is 17.8. The summed E-state index contributed by atoms with van der Waals surface area (Å²) in [6.45, 7) is 6.35. The van der Waals surface area contributed by atoms with Crippen LogP contribution in [0.2, 0.25) is 0 Å². The Bertz CT molecular complexity index is 2510. The van der Waals surface area contributed by atoms with Gasteiger partial charge >= 0.3 is 0 Å². The molecule has 1 saturated carbocycles. The Balaban J connectivity index is 0.687. The Morgan fingerprint density at radius 3 is 2.63 bits per heavy atom. The summed E-state index contributed by atoms with van der Waals surface area (Å²) >= 11 is 0. The average Bonchev–Trinajstić information content (AvgIpc) is 4.15. The van der Waals surface area contributed by atoms with Gasteiger partial charge in [0.05, 0.1) is 60.5 Å². The van der Waals surface area contributed by atoms with Crippen molar-refractivity contribution in [1.29, 1.82) is 0 Å². The predicted molar refractivity (Wildman–Crippen MR) is 230 cm³/mol. The standard InChI is InChI=1S/C44H52F2N12O7/c1-53(13-14-54-15-16-64-29(21-54)18-47-32-4-2-3-30-37(32)44(63)58(43(30)62)34-9-10-36(59)51-42(34)61)20-25-5-7-26(8-6-25)57-23-33(38(52-57)39(45)46)49-41(60)31-19-48-56-12-11-35(50-40(31)56)55-22-28-17-27(55)24-65-28/h2-4,11-12,19,23,25-29,34,39,47H,5-10,13-18,20-22,24H2,1H3,(H,49,60)(H,51,59,61)/t25?,26?,27-,28-,29+,34?/m1/s1. The number of hydrogen-bond acceptors (Lipinski definition) is 14. The third-order valence-electron chi connectivity index (χ3n) is 13.8. The molecule has 2 bridgehead atoms. The summed E-state index contributed by atoms with van der Waals surface area (Å²) in [5.74, 6) is -1.60. The van der Waals surface area contributed by atoms with Gasteiger partial charge in [-0.25, -0.2) is 18.3 Å². The lowest BCUT2D eigenvalue weighted by Crippen LogP contribution is -2.54. The number of halogens is 2. The van der Waals surface area contributed by atoms with E-state index in [0.717, 1.165) is 75.5 Å². The van der Waals surface area contributed by atoms with Crippen molar-refractivity contribution in [3.05, 3.63) is 65.2 Å². The van der Waals surface area contributed by atoms with E-state index in [1.165, 1.54) is 16.9 Å². The lowest BCUT2D eigenvalue weighted by Gasteiger charge is -2.35. The molecular formula is C44H52F2N12O7. The van der Waals surface area contributed by atoms with Crippen LogP contribution in [-0.4, -0.2) is 159 Å². The average molecular weight is 899 g/mol. The minimum atomic E-state index is -2.88. The maximum Gasteiger partial charge on any atom is 0.284 e. The normalized spacial score (nSPS) is 25.9. The number of ether oxygens (including phenoxy) is 2. The van der Waals surface area contributed by atoms with Crippen LogP contribution in [0.5, 0.6) is 0 Å². The van der Waals surface area contributed by atoms with Gasteiger partial charge in [-0.3, -0.25) is 43.8 Å². The van der Waals surface area contributed by atoms with Crippen LogP contribution in [0.4, 0.5) is 26.0 Å². The summed E-state index contributed by atoms with van der Waals surface area (Å²) in [5, 5.41) is 16.8. The number of nitrogens with zero attached hydrogens (tertiary/aromatic N) is 9. The first-order chi connectivity index (χ1) is 31.5. The number of benzene rings is 1. The summed E-state index contributed by atoms with van der Waals surface area (Å²) in [7, 11) is 2.11. The maximum absolute atomic E-state index is 14.3. The number of carbonyl (C=O) groups is 5. The van der Waals surface area contributed by atoms with Crippen LogP contribution in [0.25, 0.3) is 5.65 Å². The fraction of sp³-hybridized carbons (Fsp3) is 0.545. The van der Waals surface area contributed by atoms with Gasteiger partial charge in [0.25, 0.3) is 24.1 Å². The number of anilines is 3. The molecule has 10 rings (SSSR count). The van der Waals surface area contributed by atoms with Crippen molar-refractivity contribution < 1.29 is 42.2 Å². The Labute approximate surface area is 372 Å². The van der Waals surface area contributed by atoms with Gasteiger partial charge in [0, 0.05) is 70.3 Å².